The number of esters is 1. The first-order chi connectivity index (χ1) is 21.0. The molecule has 2 aliphatic heterocycles. The van der Waals surface area contributed by atoms with Crippen molar-refractivity contribution >= 4 is 35.6 Å². The second kappa shape index (κ2) is 12.3. The van der Waals surface area contributed by atoms with E-state index in [4.69, 9.17) is 4.74 Å². The molecule has 3 unspecified atom stereocenters. The second-order valence-electron chi connectivity index (χ2n) is 10.7. The van der Waals surface area contributed by atoms with Gasteiger partial charge in [-0.2, -0.15) is 0 Å². The van der Waals surface area contributed by atoms with Gasteiger partial charge < -0.3 is 15.0 Å². The van der Waals surface area contributed by atoms with Crippen molar-refractivity contribution in [2.45, 2.75) is 29.7 Å². The number of fused-ring (bicyclic) bond motifs is 1. The van der Waals surface area contributed by atoms with Crippen LogP contribution in [0.1, 0.15) is 41.3 Å². The predicted octanol–water partition coefficient (Wildman–Crippen LogP) is 5.58. The van der Waals surface area contributed by atoms with Gasteiger partial charge in [0.2, 0.25) is 11.8 Å². The highest BCUT2D eigenvalue weighted by atomic mass is 32.2. The van der Waals surface area contributed by atoms with Gasteiger partial charge in [0.15, 0.2) is 6.10 Å². The second-order valence-corrected chi connectivity index (χ2v) is 11.9. The summed E-state index contributed by atoms with van der Waals surface area (Å²) >= 11 is 1.41. The number of benzene rings is 3. The van der Waals surface area contributed by atoms with Crippen LogP contribution in [0.15, 0.2) is 121 Å². The Hall–Kier alpha value is -4.69. The van der Waals surface area contributed by atoms with E-state index in [0.29, 0.717) is 5.69 Å². The Bertz CT molecular complexity index is 1580. The Balaban J connectivity index is 1.41. The molecule has 2 fully saturated rings. The number of ether oxygens (including phenoxy) is 1. The molecule has 6 rings (SSSR count). The van der Waals surface area contributed by atoms with E-state index in [9.17, 15) is 14.4 Å². The van der Waals surface area contributed by atoms with E-state index >= 15 is 0 Å². The van der Waals surface area contributed by atoms with Crippen molar-refractivity contribution in [2.75, 3.05) is 6.54 Å². The molecular weight excluding hydrogens is 558 g/mol. The van der Waals surface area contributed by atoms with Crippen molar-refractivity contribution in [3.05, 3.63) is 144 Å². The quantitative estimate of drug-likeness (QED) is 0.213. The van der Waals surface area contributed by atoms with Crippen LogP contribution in [-0.2, 0) is 19.1 Å². The van der Waals surface area contributed by atoms with Gasteiger partial charge in [-0.25, -0.2) is 0 Å². The molecule has 2 amide bonds. The molecule has 0 aliphatic carbocycles. The fourth-order valence-electron chi connectivity index (χ4n) is 5.67. The molecule has 43 heavy (non-hydrogen) atoms. The Morgan fingerprint density at radius 2 is 1.53 bits per heavy atom. The minimum Gasteiger partial charge on any atom is -0.452 e. The smallest absolute Gasteiger partial charge is 0.321 e. The predicted molar refractivity (Wildman–Crippen MR) is 166 cm³/mol. The van der Waals surface area contributed by atoms with Gasteiger partial charge in [0, 0.05) is 19.7 Å². The molecule has 3 aromatic carbocycles. The Kier molecular flexibility index (Phi) is 8.11. The number of amides is 2. The number of nitrogens with one attached hydrogen (secondary N) is 1. The van der Waals surface area contributed by atoms with E-state index in [1.807, 2.05) is 109 Å². The molecule has 0 spiro atoms. The molecule has 8 heteroatoms. The third-order valence-corrected chi connectivity index (χ3v) is 9.47. The number of carbonyl (C=O) groups is 3. The lowest BCUT2D eigenvalue weighted by atomic mass is 9.81. The molecule has 1 N–H and O–H groups in total. The average molecular weight is 590 g/mol. The lowest BCUT2D eigenvalue weighted by Crippen LogP contribution is -2.69. The minimum atomic E-state index is -1.40. The zero-order valence-electron chi connectivity index (χ0n) is 23.6. The van der Waals surface area contributed by atoms with Gasteiger partial charge in [-0.15, -0.1) is 11.8 Å². The molecule has 2 saturated heterocycles. The summed E-state index contributed by atoms with van der Waals surface area (Å²) in [4.78, 5) is 47.0. The van der Waals surface area contributed by atoms with Crippen LogP contribution >= 0.6 is 11.8 Å². The molecule has 216 valence electrons. The number of β-lactam (4-membered cyclic amide) rings is 1. The fraction of sp³-hybridized carbons (Fsp3) is 0.200. The van der Waals surface area contributed by atoms with Crippen molar-refractivity contribution in [1.29, 1.82) is 0 Å². The van der Waals surface area contributed by atoms with Crippen LogP contribution in [0, 0.1) is 5.41 Å². The molecule has 4 atom stereocenters. The van der Waals surface area contributed by atoms with Gasteiger partial charge in [-0.3, -0.25) is 19.4 Å². The zero-order chi connectivity index (χ0) is 29.8. The summed E-state index contributed by atoms with van der Waals surface area (Å²) in [6.07, 6.45) is 4.49. The van der Waals surface area contributed by atoms with E-state index in [1.165, 1.54) is 18.7 Å². The number of rotatable bonds is 8. The first kappa shape index (κ1) is 28.4. The van der Waals surface area contributed by atoms with Gasteiger partial charge in [0.1, 0.15) is 5.41 Å². The highest BCUT2D eigenvalue weighted by Gasteiger charge is 2.61. The molecular formula is C35H31N3O4S. The Labute approximate surface area is 255 Å². The number of nitrogens with zero attached hydrogens (tertiary/aromatic N) is 2. The summed E-state index contributed by atoms with van der Waals surface area (Å²) < 4.78 is 6.41. The van der Waals surface area contributed by atoms with Gasteiger partial charge in [0.25, 0.3) is 0 Å². The summed E-state index contributed by atoms with van der Waals surface area (Å²) in [6.45, 7) is 1.49. The SMILES string of the molecule is CC(=O)NC1S[C@@H]2C(c3ccccc3)C(=O)N2CC1(C=Cc1ccccn1)C(=O)OC(c1ccccc1)c1ccccc1. The summed E-state index contributed by atoms with van der Waals surface area (Å²) in [7, 11) is 0. The Morgan fingerprint density at radius 1 is 0.930 bits per heavy atom. The molecule has 3 heterocycles. The first-order valence-corrected chi connectivity index (χ1v) is 15.1. The normalized spacial score (nSPS) is 23.0. The van der Waals surface area contributed by atoms with Crippen LogP contribution in [0.5, 0.6) is 0 Å². The van der Waals surface area contributed by atoms with Crippen molar-refractivity contribution in [3.8, 4) is 0 Å². The standard InChI is InChI=1S/C35H31N3O4S/c1-24(39)37-33-35(21-20-28-19-11-12-22-36-28,23-38-31(40)29(32(38)43-33)25-13-5-2-6-14-25)34(41)42-30(26-15-7-3-8-16-26)27-17-9-4-10-18-27/h2-22,29-30,32-33H,23H2,1H3,(H,37,39)/t29?,32-,33?,35?/m1/s1. The number of hydrogen-bond donors (Lipinski definition) is 1. The van der Waals surface area contributed by atoms with Crippen LogP contribution in [0.4, 0.5) is 0 Å². The summed E-state index contributed by atoms with van der Waals surface area (Å²) in [5.74, 6) is -1.24. The molecule has 0 radical (unpaired) electrons. The largest absolute Gasteiger partial charge is 0.452 e. The monoisotopic (exact) mass is 589 g/mol. The van der Waals surface area contributed by atoms with E-state index in [0.717, 1.165) is 16.7 Å². The topological polar surface area (TPSA) is 88.6 Å². The van der Waals surface area contributed by atoms with Crippen molar-refractivity contribution in [2.24, 2.45) is 5.41 Å². The lowest BCUT2D eigenvalue weighted by Gasteiger charge is -2.56. The molecule has 0 saturated carbocycles. The van der Waals surface area contributed by atoms with Crippen LogP contribution in [-0.4, -0.2) is 45.0 Å². The van der Waals surface area contributed by atoms with Gasteiger partial charge in [-0.05, 0) is 34.9 Å². The van der Waals surface area contributed by atoms with Gasteiger partial charge in [0.05, 0.1) is 22.4 Å². The van der Waals surface area contributed by atoms with E-state index in [1.54, 1.807) is 23.2 Å². The van der Waals surface area contributed by atoms with Crippen molar-refractivity contribution < 1.29 is 19.1 Å². The summed E-state index contributed by atoms with van der Waals surface area (Å²) in [5.41, 5.74) is 1.78. The minimum absolute atomic E-state index is 0.0518. The maximum Gasteiger partial charge on any atom is 0.321 e. The van der Waals surface area contributed by atoms with Gasteiger partial charge >= 0.3 is 5.97 Å². The van der Waals surface area contributed by atoms with E-state index in [-0.39, 0.29) is 29.7 Å². The van der Waals surface area contributed by atoms with E-state index < -0.39 is 22.9 Å². The highest BCUT2D eigenvalue weighted by molar-refractivity contribution is 8.00. The third kappa shape index (κ3) is 5.70. The van der Waals surface area contributed by atoms with Crippen LogP contribution in [0.25, 0.3) is 6.08 Å². The van der Waals surface area contributed by atoms with Gasteiger partial charge in [-0.1, -0.05) is 103 Å². The number of thioether (sulfide) groups is 1. The van der Waals surface area contributed by atoms with Crippen LogP contribution in [0.3, 0.4) is 0 Å². The summed E-state index contributed by atoms with van der Waals surface area (Å²) in [5, 5.41) is 2.08. The molecule has 7 nitrogen and oxygen atoms in total. The van der Waals surface area contributed by atoms with E-state index in [2.05, 4.69) is 10.3 Å². The number of carbonyl (C=O) groups excluding carboxylic acids is 3. The third-order valence-electron chi connectivity index (χ3n) is 7.86. The number of aromatic nitrogens is 1. The molecule has 4 aromatic rings. The maximum atomic E-state index is 14.6. The van der Waals surface area contributed by atoms with Crippen LogP contribution < -0.4 is 5.32 Å². The molecule has 0 bridgehead atoms. The average Bonchev–Trinajstić information content (AvgIpc) is 3.04. The van der Waals surface area contributed by atoms with Crippen molar-refractivity contribution in [1.82, 2.24) is 15.2 Å². The maximum absolute atomic E-state index is 14.6. The first-order valence-electron chi connectivity index (χ1n) is 14.2. The van der Waals surface area contributed by atoms with Crippen molar-refractivity contribution in [3.63, 3.8) is 0 Å². The highest BCUT2D eigenvalue weighted by Crippen LogP contribution is 2.53. The summed E-state index contributed by atoms with van der Waals surface area (Å²) in [6, 6.07) is 34.2. The zero-order valence-corrected chi connectivity index (χ0v) is 24.4. The number of hydrogen-bond acceptors (Lipinski definition) is 6. The fourth-order valence-corrected chi connectivity index (χ4v) is 7.43. The Morgan fingerprint density at radius 3 is 2.12 bits per heavy atom. The lowest BCUT2D eigenvalue weighted by molar-refractivity contribution is -0.163. The molecule has 2 aliphatic rings. The number of pyridine rings is 1. The molecule has 1 aromatic heterocycles. The van der Waals surface area contributed by atoms with Crippen LogP contribution in [0.2, 0.25) is 0 Å².